The molecule has 0 aliphatic carbocycles. The van der Waals surface area contributed by atoms with Crippen LogP contribution >= 0.6 is 11.6 Å². The highest BCUT2D eigenvalue weighted by Gasteiger charge is 2.41. The summed E-state index contributed by atoms with van der Waals surface area (Å²) in [5, 5.41) is 5.15. The lowest BCUT2D eigenvalue weighted by Crippen LogP contribution is -2.50. The number of hydrogen-bond acceptors (Lipinski definition) is 5. The predicted octanol–water partition coefficient (Wildman–Crippen LogP) is 3.28. The molecule has 146 valence electrons. The maximum absolute atomic E-state index is 12.1. The van der Waals surface area contributed by atoms with Gasteiger partial charge in [-0.15, -0.1) is 0 Å². The zero-order valence-corrected chi connectivity index (χ0v) is 16.9. The van der Waals surface area contributed by atoms with Gasteiger partial charge in [-0.3, -0.25) is 4.79 Å². The van der Waals surface area contributed by atoms with Crippen LogP contribution in [0.1, 0.15) is 36.7 Å². The lowest BCUT2D eigenvalue weighted by Gasteiger charge is -2.46. The maximum atomic E-state index is 12.1. The van der Waals surface area contributed by atoms with Crippen molar-refractivity contribution in [2.75, 3.05) is 14.2 Å². The van der Waals surface area contributed by atoms with Crippen molar-refractivity contribution in [2.24, 2.45) is 0 Å². The molecule has 0 radical (unpaired) electrons. The lowest BCUT2D eigenvalue weighted by molar-refractivity contribution is -0.125. The first-order valence-corrected chi connectivity index (χ1v) is 9.25. The van der Waals surface area contributed by atoms with Crippen LogP contribution in [0.25, 0.3) is 5.65 Å². The van der Waals surface area contributed by atoms with Crippen LogP contribution in [0.15, 0.2) is 30.6 Å². The van der Waals surface area contributed by atoms with Crippen LogP contribution in [0.3, 0.4) is 0 Å². The summed E-state index contributed by atoms with van der Waals surface area (Å²) in [6, 6.07) is 5.40. The molecule has 0 saturated carbocycles. The first-order valence-electron chi connectivity index (χ1n) is 8.87. The number of nitrogens with zero attached hydrogens (tertiary/aromatic N) is 4. The Labute approximate surface area is 167 Å². The molecule has 3 aromatic rings. The zero-order valence-electron chi connectivity index (χ0n) is 16.1. The smallest absolute Gasteiger partial charge is 0.210 e. The van der Waals surface area contributed by atoms with Gasteiger partial charge in [0.05, 0.1) is 31.1 Å². The number of fused-ring (bicyclic) bond motifs is 2. The lowest BCUT2D eigenvalue weighted by atomic mass is 9.80. The first kappa shape index (κ1) is 18.6. The molecule has 1 atom stereocenters. The molecule has 4 rings (SSSR count). The molecule has 1 unspecified atom stereocenters. The Balaban J connectivity index is 1.96. The van der Waals surface area contributed by atoms with Gasteiger partial charge in [-0.25, -0.2) is 9.50 Å². The van der Waals surface area contributed by atoms with Gasteiger partial charge >= 0.3 is 0 Å². The molecule has 1 aromatic carbocycles. The van der Waals surface area contributed by atoms with E-state index >= 15 is 0 Å². The van der Waals surface area contributed by atoms with Crippen LogP contribution in [-0.4, -0.2) is 45.7 Å². The topological polar surface area (TPSA) is 69.0 Å². The summed E-state index contributed by atoms with van der Waals surface area (Å²) in [6.07, 6.45) is 4.85. The average molecular weight is 401 g/mol. The number of ether oxygens (including phenoxy) is 2. The van der Waals surface area contributed by atoms with E-state index in [9.17, 15) is 4.79 Å². The van der Waals surface area contributed by atoms with Gasteiger partial charge in [0.1, 0.15) is 6.04 Å². The Kier molecular flexibility index (Phi) is 4.42. The second kappa shape index (κ2) is 6.67. The largest absolute Gasteiger partial charge is 0.493 e. The fourth-order valence-corrected chi connectivity index (χ4v) is 4.05. The van der Waals surface area contributed by atoms with Gasteiger partial charge < -0.3 is 14.4 Å². The minimum absolute atomic E-state index is 0.378. The van der Waals surface area contributed by atoms with Gasteiger partial charge in [0.15, 0.2) is 17.1 Å². The average Bonchev–Trinajstić information content (AvgIpc) is 3.07. The Morgan fingerprint density at radius 3 is 2.61 bits per heavy atom. The molecule has 3 heterocycles. The highest BCUT2D eigenvalue weighted by molar-refractivity contribution is 6.30. The Hall–Kier alpha value is -2.80. The predicted molar refractivity (Wildman–Crippen MR) is 105 cm³/mol. The molecule has 2 aromatic heterocycles. The van der Waals surface area contributed by atoms with Crippen molar-refractivity contribution in [3.05, 3.63) is 52.4 Å². The standard InChI is InChI=1S/C20H21ClN4O3/c1-20(2)8-12-5-16(27-3)17(28-4)6-14(12)19(24(20)11-26)15-7-18-22-9-13(21)10-25(18)23-15/h5-7,9-11,19H,8H2,1-4H3. The van der Waals surface area contributed by atoms with E-state index in [1.807, 2.05) is 32.0 Å². The minimum Gasteiger partial charge on any atom is -0.493 e. The highest BCUT2D eigenvalue weighted by Crippen LogP contribution is 2.45. The van der Waals surface area contributed by atoms with Crippen LogP contribution in [0, 0.1) is 0 Å². The Morgan fingerprint density at radius 1 is 1.21 bits per heavy atom. The van der Waals surface area contributed by atoms with Gasteiger partial charge in [-0.1, -0.05) is 11.6 Å². The molecular formula is C20H21ClN4O3. The van der Waals surface area contributed by atoms with Gasteiger partial charge in [0, 0.05) is 17.8 Å². The van der Waals surface area contributed by atoms with Gasteiger partial charge in [-0.05, 0) is 43.5 Å². The monoisotopic (exact) mass is 400 g/mol. The number of carbonyl (C=O) groups excluding carboxylic acids is 1. The van der Waals surface area contributed by atoms with Crippen molar-refractivity contribution >= 4 is 23.7 Å². The van der Waals surface area contributed by atoms with Crippen molar-refractivity contribution in [3.63, 3.8) is 0 Å². The zero-order chi connectivity index (χ0) is 20.1. The molecule has 28 heavy (non-hydrogen) atoms. The van der Waals surface area contributed by atoms with E-state index in [1.165, 1.54) is 0 Å². The molecule has 0 saturated heterocycles. The summed E-state index contributed by atoms with van der Waals surface area (Å²) >= 11 is 6.05. The molecule has 1 amide bonds. The number of rotatable bonds is 4. The van der Waals surface area contributed by atoms with Gasteiger partial charge in [0.25, 0.3) is 0 Å². The molecule has 1 aliphatic heterocycles. The second-order valence-electron chi connectivity index (χ2n) is 7.45. The van der Waals surface area contributed by atoms with E-state index in [1.54, 1.807) is 36.0 Å². The molecule has 8 heteroatoms. The molecule has 0 spiro atoms. The Morgan fingerprint density at radius 2 is 1.93 bits per heavy atom. The van der Waals surface area contributed by atoms with Crippen LogP contribution < -0.4 is 9.47 Å². The van der Waals surface area contributed by atoms with E-state index < -0.39 is 5.54 Å². The number of aromatic nitrogens is 3. The fraction of sp³-hybridized carbons (Fsp3) is 0.350. The summed E-state index contributed by atoms with van der Waals surface area (Å²) in [5.74, 6) is 1.28. The summed E-state index contributed by atoms with van der Waals surface area (Å²) in [4.78, 5) is 18.2. The summed E-state index contributed by atoms with van der Waals surface area (Å²) in [6.45, 7) is 4.08. The van der Waals surface area contributed by atoms with Crippen molar-refractivity contribution in [3.8, 4) is 11.5 Å². The summed E-state index contributed by atoms with van der Waals surface area (Å²) in [7, 11) is 3.21. The van der Waals surface area contributed by atoms with E-state index in [-0.39, 0.29) is 6.04 Å². The summed E-state index contributed by atoms with van der Waals surface area (Å²) < 4.78 is 12.6. The molecule has 0 bridgehead atoms. The van der Waals surface area contributed by atoms with Crippen molar-refractivity contribution < 1.29 is 14.3 Å². The van der Waals surface area contributed by atoms with Gasteiger partial charge in [0.2, 0.25) is 6.41 Å². The van der Waals surface area contributed by atoms with Gasteiger partial charge in [-0.2, -0.15) is 5.10 Å². The van der Waals surface area contributed by atoms with Crippen LogP contribution in [-0.2, 0) is 11.2 Å². The van der Waals surface area contributed by atoms with Crippen LogP contribution in [0.4, 0.5) is 0 Å². The number of hydrogen-bond donors (Lipinski definition) is 0. The molecule has 7 nitrogen and oxygen atoms in total. The molecule has 0 N–H and O–H groups in total. The Bertz CT molecular complexity index is 1060. The molecule has 1 aliphatic rings. The van der Waals surface area contributed by atoms with Crippen molar-refractivity contribution in [1.29, 1.82) is 0 Å². The third-order valence-electron chi connectivity index (χ3n) is 5.23. The van der Waals surface area contributed by atoms with E-state index in [4.69, 9.17) is 21.1 Å². The van der Waals surface area contributed by atoms with E-state index in [2.05, 4.69) is 10.1 Å². The minimum atomic E-state index is -0.403. The quantitative estimate of drug-likeness (QED) is 0.628. The van der Waals surface area contributed by atoms with E-state index in [0.717, 1.165) is 17.5 Å². The molecule has 0 fully saturated rings. The first-order chi connectivity index (χ1) is 13.4. The van der Waals surface area contributed by atoms with Crippen molar-refractivity contribution in [1.82, 2.24) is 19.5 Å². The SMILES string of the molecule is COc1cc2c(cc1OC)C(c1cc3ncc(Cl)cn3n1)N(C=O)C(C)(C)C2. The van der Waals surface area contributed by atoms with E-state index in [0.29, 0.717) is 34.3 Å². The third-order valence-corrected chi connectivity index (χ3v) is 5.43. The fourth-order valence-electron chi connectivity index (χ4n) is 3.91. The van der Waals surface area contributed by atoms with Crippen LogP contribution in [0.2, 0.25) is 5.02 Å². The number of amides is 1. The number of halogens is 1. The number of methoxy groups -OCH3 is 2. The van der Waals surface area contributed by atoms with Crippen LogP contribution in [0.5, 0.6) is 11.5 Å². The number of benzene rings is 1. The maximum Gasteiger partial charge on any atom is 0.210 e. The highest BCUT2D eigenvalue weighted by atomic mass is 35.5. The molecular weight excluding hydrogens is 380 g/mol. The van der Waals surface area contributed by atoms with Crippen molar-refractivity contribution in [2.45, 2.75) is 31.8 Å². The number of carbonyl (C=O) groups is 1. The normalized spacial score (nSPS) is 18.0. The summed E-state index contributed by atoms with van der Waals surface area (Å²) in [5.41, 5.74) is 3.02. The third kappa shape index (κ3) is 2.86. The second-order valence-corrected chi connectivity index (χ2v) is 7.89.